The number of carbonyl (C=O) groups excluding carboxylic acids is 2. The molecule has 0 rings (SSSR count). The van der Waals surface area contributed by atoms with Gasteiger partial charge in [0, 0.05) is 0 Å². The molecule has 0 aromatic heterocycles. The summed E-state index contributed by atoms with van der Waals surface area (Å²) in [5.41, 5.74) is 1.87. The Morgan fingerprint density at radius 2 is 1.90 bits per heavy atom. The number of aldehydes is 1. The van der Waals surface area contributed by atoms with Gasteiger partial charge in [0.15, 0.2) is 0 Å². The molecular formula is C17H24O3. The van der Waals surface area contributed by atoms with Crippen LogP contribution in [0.5, 0.6) is 0 Å². The molecule has 0 saturated carbocycles. The number of rotatable bonds is 8. The van der Waals surface area contributed by atoms with Crippen molar-refractivity contribution in [3.8, 4) is 0 Å². The Morgan fingerprint density at radius 1 is 1.20 bits per heavy atom. The van der Waals surface area contributed by atoms with Gasteiger partial charge in [-0.15, -0.1) is 0 Å². The second-order valence-corrected chi connectivity index (χ2v) is 4.60. The predicted molar refractivity (Wildman–Crippen MR) is 82.3 cm³/mol. The third kappa shape index (κ3) is 9.09. The van der Waals surface area contributed by atoms with Gasteiger partial charge in [-0.2, -0.15) is 0 Å². The molecule has 0 amide bonds. The van der Waals surface area contributed by atoms with Crippen LogP contribution in [0.3, 0.4) is 0 Å². The van der Waals surface area contributed by atoms with Crippen LogP contribution in [0.4, 0.5) is 0 Å². The smallest absolute Gasteiger partial charge is 0.312 e. The normalized spacial score (nSPS) is 14.8. The molecule has 0 heterocycles. The van der Waals surface area contributed by atoms with E-state index in [9.17, 15) is 9.59 Å². The molecule has 0 saturated heterocycles. The van der Waals surface area contributed by atoms with Gasteiger partial charge >= 0.3 is 5.97 Å². The minimum Gasteiger partial charge on any atom is -0.466 e. The zero-order chi connectivity index (χ0) is 15.4. The number of hydrogen-bond donors (Lipinski definition) is 0. The maximum Gasteiger partial charge on any atom is 0.312 e. The third-order valence-electron chi connectivity index (χ3n) is 2.56. The zero-order valence-electron chi connectivity index (χ0n) is 12.8. The molecule has 110 valence electrons. The van der Waals surface area contributed by atoms with Crippen LogP contribution in [0.1, 0.15) is 34.1 Å². The first-order chi connectivity index (χ1) is 9.51. The van der Waals surface area contributed by atoms with Crippen LogP contribution in [0.2, 0.25) is 0 Å². The summed E-state index contributed by atoms with van der Waals surface area (Å²) in [4.78, 5) is 21.8. The first-order valence-electron chi connectivity index (χ1n) is 6.80. The van der Waals surface area contributed by atoms with E-state index in [1.807, 2.05) is 44.2 Å². The van der Waals surface area contributed by atoms with Gasteiger partial charge in [0.2, 0.25) is 0 Å². The molecule has 0 aromatic carbocycles. The Labute approximate surface area is 121 Å². The molecule has 0 aliphatic carbocycles. The van der Waals surface area contributed by atoms with Crippen molar-refractivity contribution in [1.29, 1.82) is 0 Å². The SMILES string of the molecule is CCOC(=O)C(C)C=CC=C(C)CC=CC=C(C)C=O. The van der Waals surface area contributed by atoms with Gasteiger partial charge in [-0.25, -0.2) is 0 Å². The van der Waals surface area contributed by atoms with Crippen LogP contribution in [-0.4, -0.2) is 18.9 Å². The van der Waals surface area contributed by atoms with E-state index >= 15 is 0 Å². The number of ether oxygens (including phenoxy) is 1. The predicted octanol–water partition coefficient (Wildman–Crippen LogP) is 3.78. The fourth-order valence-corrected chi connectivity index (χ4v) is 1.32. The Balaban J connectivity index is 4.25. The van der Waals surface area contributed by atoms with E-state index in [-0.39, 0.29) is 11.9 Å². The molecule has 20 heavy (non-hydrogen) atoms. The fourth-order valence-electron chi connectivity index (χ4n) is 1.32. The highest BCUT2D eigenvalue weighted by Gasteiger charge is 2.08. The van der Waals surface area contributed by atoms with Gasteiger partial charge in [0.1, 0.15) is 6.29 Å². The number of hydrogen-bond acceptors (Lipinski definition) is 3. The molecule has 3 heteroatoms. The summed E-state index contributed by atoms with van der Waals surface area (Å²) in [7, 11) is 0. The van der Waals surface area contributed by atoms with Crippen molar-refractivity contribution in [1.82, 2.24) is 0 Å². The van der Waals surface area contributed by atoms with E-state index in [4.69, 9.17) is 4.74 Å². The fraction of sp³-hybridized carbons (Fsp3) is 0.412. The average molecular weight is 276 g/mol. The highest BCUT2D eigenvalue weighted by molar-refractivity contribution is 5.74. The molecule has 0 aliphatic rings. The van der Waals surface area contributed by atoms with Crippen molar-refractivity contribution in [2.75, 3.05) is 6.61 Å². The van der Waals surface area contributed by atoms with Crippen molar-refractivity contribution >= 4 is 12.3 Å². The minimum atomic E-state index is -0.229. The molecular weight excluding hydrogens is 252 g/mol. The average Bonchev–Trinajstić information content (AvgIpc) is 2.43. The highest BCUT2D eigenvalue weighted by Crippen LogP contribution is 2.05. The summed E-state index contributed by atoms with van der Waals surface area (Å²) < 4.78 is 4.92. The van der Waals surface area contributed by atoms with Crippen molar-refractivity contribution in [2.24, 2.45) is 5.92 Å². The Hall–Kier alpha value is -1.90. The summed E-state index contributed by atoms with van der Waals surface area (Å²) >= 11 is 0. The maximum atomic E-state index is 11.4. The first kappa shape index (κ1) is 18.1. The molecule has 1 unspecified atom stereocenters. The lowest BCUT2D eigenvalue weighted by Gasteiger charge is -2.04. The molecule has 0 aromatic rings. The molecule has 0 fully saturated rings. The number of allylic oxidation sites excluding steroid dienone is 7. The quantitative estimate of drug-likeness (QED) is 0.293. The van der Waals surface area contributed by atoms with E-state index < -0.39 is 0 Å². The van der Waals surface area contributed by atoms with Crippen molar-refractivity contribution < 1.29 is 14.3 Å². The monoisotopic (exact) mass is 276 g/mol. The van der Waals surface area contributed by atoms with Gasteiger partial charge in [-0.3, -0.25) is 9.59 Å². The van der Waals surface area contributed by atoms with Gasteiger partial charge in [0.05, 0.1) is 12.5 Å². The van der Waals surface area contributed by atoms with Crippen LogP contribution in [-0.2, 0) is 14.3 Å². The lowest BCUT2D eigenvalue weighted by Crippen LogP contribution is -2.12. The number of esters is 1. The molecule has 1 atom stereocenters. The standard InChI is InChI=1S/C17H24O3/c1-5-20-17(19)16(4)12-8-11-14(2)9-6-7-10-15(3)13-18/h6-8,10-13,16H,5,9H2,1-4H3. The second-order valence-electron chi connectivity index (χ2n) is 4.60. The Morgan fingerprint density at radius 3 is 2.50 bits per heavy atom. The molecule has 0 bridgehead atoms. The van der Waals surface area contributed by atoms with E-state index in [0.717, 1.165) is 12.7 Å². The molecule has 0 N–H and O–H groups in total. The lowest BCUT2D eigenvalue weighted by atomic mass is 10.1. The summed E-state index contributed by atoms with van der Waals surface area (Å²) in [5.74, 6) is -0.433. The molecule has 0 aliphatic heterocycles. The van der Waals surface area contributed by atoms with Gasteiger partial charge in [-0.05, 0) is 39.7 Å². The summed E-state index contributed by atoms with van der Waals surface area (Å²) in [6.07, 6.45) is 12.9. The van der Waals surface area contributed by atoms with Crippen molar-refractivity contribution in [3.05, 3.63) is 47.6 Å². The molecule has 3 nitrogen and oxygen atoms in total. The zero-order valence-corrected chi connectivity index (χ0v) is 12.8. The summed E-state index contributed by atoms with van der Waals surface area (Å²) in [6, 6.07) is 0. The van der Waals surface area contributed by atoms with Crippen LogP contribution in [0, 0.1) is 5.92 Å². The van der Waals surface area contributed by atoms with Crippen molar-refractivity contribution in [2.45, 2.75) is 34.1 Å². The highest BCUT2D eigenvalue weighted by atomic mass is 16.5. The topological polar surface area (TPSA) is 43.4 Å². The maximum absolute atomic E-state index is 11.4. The lowest BCUT2D eigenvalue weighted by molar-refractivity contribution is -0.145. The van der Waals surface area contributed by atoms with Gasteiger partial charge < -0.3 is 4.74 Å². The van der Waals surface area contributed by atoms with E-state index in [1.165, 1.54) is 5.57 Å². The largest absolute Gasteiger partial charge is 0.466 e. The minimum absolute atomic E-state index is 0.204. The summed E-state index contributed by atoms with van der Waals surface area (Å²) in [5, 5.41) is 0. The van der Waals surface area contributed by atoms with Gasteiger partial charge in [0.25, 0.3) is 0 Å². The van der Waals surface area contributed by atoms with Gasteiger partial charge in [-0.1, -0.05) is 42.0 Å². The number of carbonyl (C=O) groups is 2. The van der Waals surface area contributed by atoms with Crippen LogP contribution >= 0.6 is 0 Å². The second kappa shape index (κ2) is 11.0. The van der Waals surface area contributed by atoms with Crippen LogP contribution in [0.25, 0.3) is 0 Å². The first-order valence-corrected chi connectivity index (χ1v) is 6.80. The Bertz CT molecular complexity index is 426. The summed E-state index contributed by atoms with van der Waals surface area (Å²) in [6.45, 7) is 7.79. The van der Waals surface area contributed by atoms with Crippen LogP contribution in [0.15, 0.2) is 47.6 Å². The van der Waals surface area contributed by atoms with Crippen molar-refractivity contribution in [3.63, 3.8) is 0 Å². The van der Waals surface area contributed by atoms with Crippen LogP contribution < -0.4 is 0 Å². The van der Waals surface area contributed by atoms with E-state index in [2.05, 4.69) is 0 Å². The molecule has 0 radical (unpaired) electrons. The van der Waals surface area contributed by atoms with E-state index in [1.54, 1.807) is 19.9 Å². The van der Waals surface area contributed by atoms with E-state index in [0.29, 0.717) is 12.2 Å². The Kier molecular flexibility index (Phi) is 9.93. The third-order valence-corrected chi connectivity index (χ3v) is 2.56. The molecule has 0 spiro atoms.